The van der Waals surface area contributed by atoms with Crippen molar-refractivity contribution in [2.45, 2.75) is 52.5 Å². The molecule has 2 heterocycles. The molecule has 0 saturated carbocycles. The van der Waals surface area contributed by atoms with Crippen molar-refractivity contribution >= 4 is 49.8 Å². The number of rotatable bonds is 5. The highest BCUT2D eigenvalue weighted by molar-refractivity contribution is 9.10. The molecule has 0 saturated heterocycles. The van der Waals surface area contributed by atoms with Gasteiger partial charge in [-0.05, 0) is 59.9 Å². The molecule has 7 heteroatoms. The Labute approximate surface area is 194 Å². The van der Waals surface area contributed by atoms with Crippen molar-refractivity contribution < 1.29 is 9.59 Å². The van der Waals surface area contributed by atoms with Crippen LogP contribution in [0, 0.1) is 11.3 Å². The van der Waals surface area contributed by atoms with Crippen LogP contribution in [0.1, 0.15) is 66.3 Å². The Balaban J connectivity index is 1.57. The maximum absolute atomic E-state index is 12.9. The average molecular weight is 500 g/mol. The van der Waals surface area contributed by atoms with Crippen LogP contribution in [0.25, 0.3) is 10.3 Å². The first-order valence-corrected chi connectivity index (χ1v) is 12.1. The van der Waals surface area contributed by atoms with Crippen LogP contribution in [0.3, 0.4) is 0 Å². The lowest BCUT2D eigenvalue weighted by Crippen LogP contribution is -2.28. The molecule has 31 heavy (non-hydrogen) atoms. The number of benzene rings is 1. The zero-order valence-corrected chi connectivity index (χ0v) is 20.3. The molecule has 1 aromatic carbocycles. The molecule has 0 aliphatic heterocycles. The van der Waals surface area contributed by atoms with Gasteiger partial charge in [0.05, 0.1) is 6.04 Å². The number of hydrogen-bond acceptors (Lipinski definition) is 5. The first kappa shape index (κ1) is 22.1. The number of amides is 1. The number of carbonyl (C=O) groups is 2. The number of nitrogens with zero attached hydrogens (tertiary/aromatic N) is 2. The molecular formula is C24H26BrN3O2S. The van der Waals surface area contributed by atoms with Gasteiger partial charge in [0.15, 0.2) is 5.01 Å². The number of fused-ring (bicyclic) bond motifs is 2. The first-order valence-electron chi connectivity index (χ1n) is 10.5. The molecule has 0 bridgehead atoms. The SMILES string of the molecule is CC(C)(C)C1CCc2nc3sc(C(=O)N[C@H](CC=O)c4ccc(Br)cc4)nc3cc2C1. The fraction of sp³-hybridized carbons (Fsp3) is 0.417. The Kier molecular flexibility index (Phi) is 6.26. The highest BCUT2D eigenvalue weighted by Gasteiger charge is 2.30. The number of aryl methyl sites for hydroxylation is 1. The van der Waals surface area contributed by atoms with E-state index in [1.165, 1.54) is 16.9 Å². The fourth-order valence-corrected chi connectivity index (χ4v) is 5.25. The minimum atomic E-state index is -0.390. The molecular weight excluding hydrogens is 474 g/mol. The summed E-state index contributed by atoms with van der Waals surface area (Å²) in [6.07, 6.45) is 4.15. The van der Waals surface area contributed by atoms with E-state index in [2.05, 4.69) is 53.1 Å². The van der Waals surface area contributed by atoms with Crippen LogP contribution in [0.2, 0.25) is 0 Å². The zero-order valence-electron chi connectivity index (χ0n) is 17.9. The van der Waals surface area contributed by atoms with Gasteiger partial charge in [-0.25, -0.2) is 9.97 Å². The summed E-state index contributed by atoms with van der Waals surface area (Å²) in [4.78, 5) is 34.3. The predicted molar refractivity (Wildman–Crippen MR) is 127 cm³/mol. The normalized spacial score (nSPS) is 17.2. The van der Waals surface area contributed by atoms with E-state index in [0.717, 1.165) is 51.6 Å². The van der Waals surface area contributed by atoms with Gasteiger partial charge in [0.25, 0.3) is 5.91 Å². The summed E-state index contributed by atoms with van der Waals surface area (Å²) in [5.41, 5.74) is 4.31. The number of nitrogens with one attached hydrogen (secondary N) is 1. The molecule has 1 amide bonds. The van der Waals surface area contributed by atoms with Gasteiger partial charge in [-0.2, -0.15) is 0 Å². The number of carbonyl (C=O) groups excluding carboxylic acids is 2. The molecule has 0 spiro atoms. The molecule has 4 rings (SSSR count). The Hall–Kier alpha value is -2.12. The van der Waals surface area contributed by atoms with Crippen molar-refractivity contribution in [3.8, 4) is 0 Å². The third-order valence-electron chi connectivity index (χ3n) is 6.08. The zero-order chi connectivity index (χ0) is 22.2. The lowest BCUT2D eigenvalue weighted by atomic mass is 9.71. The van der Waals surface area contributed by atoms with Crippen LogP contribution < -0.4 is 5.32 Å². The molecule has 1 aliphatic carbocycles. The van der Waals surface area contributed by atoms with Gasteiger partial charge in [-0.3, -0.25) is 4.79 Å². The van der Waals surface area contributed by atoms with E-state index in [4.69, 9.17) is 4.98 Å². The van der Waals surface area contributed by atoms with E-state index in [0.29, 0.717) is 10.9 Å². The standard InChI is InChI=1S/C24H26BrN3O2S/c1-24(2,3)16-6-9-18-15(12-16)13-20-22(27-18)31-23(28-20)21(30)26-19(10-11-29)14-4-7-17(25)8-5-14/h4-5,7-8,11,13,16,19H,6,9-10,12H2,1-3H3,(H,26,30)/t16?,19-/m1/s1. The minimum Gasteiger partial charge on any atom is -0.343 e. The van der Waals surface area contributed by atoms with Gasteiger partial charge in [0, 0.05) is 16.6 Å². The average Bonchev–Trinajstić information content (AvgIpc) is 3.14. The van der Waals surface area contributed by atoms with Gasteiger partial charge in [0.2, 0.25) is 0 Å². The number of thiazole rings is 1. The van der Waals surface area contributed by atoms with Crippen LogP contribution in [-0.4, -0.2) is 22.2 Å². The summed E-state index contributed by atoms with van der Waals surface area (Å²) in [5.74, 6) is 0.346. The quantitative estimate of drug-likeness (QED) is 0.459. The van der Waals surface area contributed by atoms with Crippen molar-refractivity contribution in [3.05, 3.63) is 56.6 Å². The third-order valence-corrected chi connectivity index (χ3v) is 7.57. The Morgan fingerprint density at radius 3 is 2.71 bits per heavy atom. The summed E-state index contributed by atoms with van der Waals surface area (Å²) >= 11 is 4.72. The van der Waals surface area contributed by atoms with Crippen LogP contribution in [0.5, 0.6) is 0 Å². The number of pyridine rings is 1. The van der Waals surface area contributed by atoms with Gasteiger partial charge >= 0.3 is 0 Å². The molecule has 162 valence electrons. The number of aromatic nitrogens is 2. The van der Waals surface area contributed by atoms with Crippen LogP contribution in [0.4, 0.5) is 0 Å². The van der Waals surface area contributed by atoms with Crippen LogP contribution >= 0.6 is 27.3 Å². The summed E-state index contributed by atoms with van der Waals surface area (Å²) in [6.45, 7) is 6.88. The van der Waals surface area contributed by atoms with Crippen molar-refractivity contribution in [2.24, 2.45) is 11.3 Å². The first-order chi connectivity index (χ1) is 14.7. The van der Waals surface area contributed by atoms with E-state index in [1.807, 2.05) is 24.3 Å². The topological polar surface area (TPSA) is 72.0 Å². The van der Waals surface area contributed by atoms with Gasteiger partial charge in [-0.1, -0.05) is 60.2 Å². The van der Waals surface area contributed by atoms with E-state index < -0.39 is 0 Å². The molecule has 1 unspecified atom stereocenters. The number of halogens is 1. The molecule has 1 N–H and O–H groups in total. The monoisotopic (exact) mass is 499 g/mol. The van der Waals surface area contributed by atoms with Gasteiger partial charge < -0.3 is 10.1 Å². The Morgan fingerprint density at radius 1 is 1.29 bits per heavy atom. The third kappa shape index (κ3) is 4.88. The Bertz CT molecular complexity index is 1120. The molecule has 0 fully saturated rings. The number of aldehydes is 1. The lowest BCUT2D eigenvalue weighted by molar-refractivity contribution is -0.108. The minimum absolute atomic E-state index is 0.207. The van der Waals surface area contributed by atoms with Crippen molar-refractivity contribution in [1.29, 1.82) is 0 Å². The maximum Gasteiger partial charge on any atom is 0.280 e. The van der Waals surface area contributed by atoms with E-state index in [1.54, 1.807) is 0 Å². The maximum atomic E-state index is 12.9. The fourth-order valence-electron chi connectivity index (χ4n) is 4.14. The highest BCUT2D eigenvalue weighted by atomic mass is 79.9. The van der Waals surface area contributed by atoms with Crippen molar-refractivity contribution in [3.63, 3.8) is 0 Å². The second-order valence-corrected chi connectivity index (χ2v) is 11.1. The van der Waals surface area contributed by atoms with E-state index in [-0.39, 0.29) is 23.8 Å². The second kappa shape index (κ2) is 8.79. The highest BCUT2D eigenvalue weighted by Crippen LogP contribution is 2.38. The Morgan fingerprint density at radius 2 is 2.03 bits per heavy atom. The van der Waals surface area contributed by atoms with Crippen molar-refractivity contribution in [1.82, 2.24) is 15.3 Å². The largest absolute Gasteiger partial charge is 0.343 e. The summed E-state index contributed by atoms with van der Waals surface area (Å²) < 4.78 is 0.947. The molecule has 2 aromatic heterocycles. The van der Waals surface area contributed by atoms with E-state index in [9.17, 15) is 9.59 Å². The summed E-state index contributed by atoms with van der Waals surface area (Å²) in [6, 6.07) is 9.32. The van der Waals surface area contributed by atoms with E-state index >= 15 is 0 Å². The molecule has 3 aromatic rings. The molecule has 5 nitrogen and oxygen atoms in total. The van der Waals surface area contributed by atoms with Crippen molar-refractivity contribution in [2.75, 3.05) is 0 Å². The molecule has 0 radical (unpaired) electrons. The predicted octanol–water partition coefficient (Wildman–Crippen LogP) is 5.66. The smallest absolute Gasteiger partial charge is 0.280 e. The van der Waals surface area contributed by atoms with Gasteiger partial charge in [0.1, 0.15) is 16.6 Å². The summed E-state index contributed by atoms with van der Waals surface area (Å²) in [7, 11) is 0. The lowest BCUT2D eigenvalue weighted by Gasteiger charge is -2.34. The summed E-state index contributed by atoms with van der Waals surface area (Å²) in [5, 5.41) is 3.34. The molecule has 1 aliphatic rings. The van der Waals surface area contributed by atoms with Crippen LogP contribution in [0.15, 0.2) is 34.8 Å². The van der Waals surface area contributed by atoms with Crippen LogP contribution in [-0.2, 0) is 17.6 Å². The molecule has 2 atom stereocenters. The number of hydrogen-bond donors (Lipinski definition) is 1. The second-order valence-electron chi connectivity index (χ2n) is 9.22. The van der Waals surface area contributed by atoms with Gasteiger partial charge in [-0.15, -0.1) is 0 Å².